The number of ether oxygens (including phenoxy) is 1. The number of hydrogen-bond acceptors (Lipinski definition) is 8. The van der Waals surface area contributed by atoms with Crippen molar-refractivity contribution in [1.29, 1.82) is 0 Å². The molecule has 0 saturated carbocycles. The van der Waals surface area contributed by atoms with Gasteiger partial charge in [0.2, 0.25) is 0 Å². The van der Waals surface area contributed by atoms with E-state index in [1.807, 2.05) is 0 Å². The number of aliphatic carboxylic acids is 1. The van der Waals surface area contributed by atoms with Gasteiger partial charge in [0.1, 0.15) is 36.1 Å². The summed E-state index contributed by atoms with van der Waals surface area (Å²) < 4.78 is 4.58. The smallest absolute Gasteiger partial charge is 0.313 e. The maximum absolute atomic E-state index is 10.2. The molecule has 0 spiro atoms. The van der Waals surface area contributed by atoms with E-state index in [1.54, 1.807) is 0 Å². The standard InChI is InChI=1S/C6H12O6.C5H8O3/c7-1-2-3(8)4(9)5(10)6(11)12-2;1-3(4(2)6)5(7)8/h2-11H,1H2;3H,1-2H3,(H,7,8)/t2-,3-,4+,5-,6?;/m1./s1. The van der Waals surface area contributed by atoms with E-state index >= 15 is 0 Å². The van der Waals surface area contributed by atoms with Crippen LogP contribution in [-0.4, -0.2) is 79.7 Å². The van der Waals surface area contributed by atoms with Gasteiger partial charge in [-0.1, -0.05) is 0 Å². The summed E-state index contributed by atoms with van der Waals surface area (Å²) >= 11 is 0. The Morgan fingerprint density at radius 3 is 1.90 bits per heavy atom. The van der Waals surface area contributed by atoms with Crippen LogP contribution in [0, 0.1) is 5.92 Å². The molecule has 6 atom stereocenters. The number of carbonyl (C=O) groups excluding carboxylic acids is 1. The third-order valence-corrected chi connectivity index (χ3v) is 2.85. The highest BCUT2D eigenvalue weighted by molar-refractivity contribution is 5.96. The van der Waals surface area contributed by atoms with Gasteiger partial charge >= 0.3 is 5.97 Å². The lowest BCUT2D eigenvalue weighted by atomic mass is 10.00. The SMILES string of the molecule is CC(=O)C(C)C(=O)O.OC[C@H]1OC(O)[C@H](O)[C@@H](O)[C@@H]1O. The third kappa shape index (κ3) is 5.12. The minimum Gasteiger partial charge on any atom is -0.481 e. The Hall–Kier alpha value is -1.10. The molecule has 1 aliphatic heterocycles. The van der Waals surface area contributed by atoms with E-state index in [4.69, 9.17) is 30.6 Å². The molecule has 0 aromatic rings. The summed E-state index contributed by atoms with van der Waals surface area (Å²) in [6.45, 7) is 2.10. The molecule has 1 rings (SSSR count). The van der Waals surface area contributed by atoms with E-state index in [9.17, 15) is 9.59 Å². The second-order valence-electron chi connectivity index (χ2n) is 4.39. The van der Waals surface area contributed by atoms with Crippen LogP contribution in [0.3, 0.4) is 0 Å². The zero-order chi connectivity index (χ0) is 16.0. The quantitative estimate of drug-likeness (QED) is 0.299. The molecular weight excluding hydrogens is 276 g/mol. The van der Waals surface area contributed by atoms with Crippen molar-refractivity contribution in [2.75, 3.05) is 6.61 Å². The summed E-state index contributed by atoms with van der Waals surface area (Å²) in [5.41, 5.74) is 0. The average Bonchev–Trinajstić information content (AvgIpc) is 2.40. The lowest BCUT2D eigenvalue weighted by molar-refractivity contribution is -0.286. The summed E-state index contributed by atoms with van der Waals surface area (Å²) in [7, 11) is 0. The Labute approximate surface area is 115 Å². The Bertz CT molecular complexity index is 313. The van der Waals surface area contributed by atoms with Crippen LogP contribution in [0.15, 0.2) is 0 Å². The molecule has 1 fully saturated rings. The van der Waals surface area contributed by atoms with Gasteiger partial charge in [0.15, 0.2) is 6.29 Å². The third-order valence-electron chi connectivity index (χ3n) is 2.85. The van der Waals surface area contributed by atoms with Crippen LogP contribution in [0.2, 0.25) is 0 Å². The predicted octanol–water partition coefficient (Wildman–Crippen LogP) is -2.93. The van der Waals surface area contributed by atoms with Crippen molar-refractivity contribution in [3.8, 4) is 0 Å². The molecule has 118 valence electrons. The zero-order valence-electron chi connectivity index (χ0n) is 11.1. The van der Waals surface area contributed by atoms with E-state index in [2.05, 4.69) is 4.74 Å². The monoisotopic (exact) mass is 296 g/mol. The Kier molecular flexibility index (Phi) is 7.79. The van der Waals surface area contributed by atoms with Gasteiger partial charge in [-0.2, -0.15) is 0 Å². The van der Waals surface area contributed by atoms with E-state index < -0.39 is 49.2 Å². The molecule has 9 nitrogen and oxygen atoms in total. The van der Waals surface area contributed by atoms with Crippen LogP contribution < -0.4 is 0 Å². The molecule has 20 heavy (non-hydrogen) atoms. The first-order valence-corrected chi connectivity index (χ1v) is 5.85. The molecule has 6 N–H and O–H groups in total. The van der Waals surface area contributed by atoms with E-state index in [-0.39, 0.29) is 5.78 Å². The number of rotatable bonds is 3. The fourth-order valence-electron chi connectivity index (χ4n) is 1.26. The van der Waals surface area contributed by atoms with Gasteiger partial charge in [-0.25, -0.2) is 0 Å². The number of carbonyl (C=O) groups is 2. The first kappa shape index (κ1) is 18.9. The molecule has 0 aromatic heterocycles. The second kappa shape index (κ2) is 8.25. The lowest BCUT2D eigenvalue weighted by Crippen LogP contribution is -2.58. The number of carboxylic acids is 1. The molecule has 0 aromatic carbocycles. The van der Waals surface area contributed by atoms with Crippen LogP contribution in [0.4, 0.5) is 0 Å². The second-order valence-corrected chi connectivity index (χ2v) is 4.39. The summed E-state index contributed by atoms with van der Waals surface area (Å²) in [6.07, 6.45) is -7.04. The van der Waals surface area contributed by atoms with E-state index in [0.717, 1.165) is 0 Å². The van der Waals surface area contributed by atoms with Crippen LogP contribution in [0.1, 0.15) is 13.8 Å². The van der Waals surface area contributed by atoms with Crippen molar-refractivity contribution in [3.63, 3.8) is 0 Å². The van der Waals surface area contributed by atoms with Gasteiger partial charge < -0.3 is 35.4 Å². The first-order valence-electron chi connectivity index (χ1n) is 5.85. The first-order chi connectivity index (χ1) is 9.13. The molecular formula is C11H20O9. The van der Waals surface area contributed by atoms with E-state index in [1.165, 1.54) is 13.8 Å². The fourth-order valence-corrected chi connectivity index (χ4v) is 1.26. The van der Waals surface area contributed by atoms with Gasteiger partial charge in [-0.15, -0.1) is 0 Å². The van der Waals surface area contributed by atoms with Crippen LogP contribution >= 0.6 is 0 Å². The van der Waals surface area contributed by atoms with Crippen LogP contribution in [0.25, 0.3) is 0 Å². The summed E-state index contributed by atoms with van der Waals surface area (Å²) in [5.74, 6) is -2.22. The summed E-state index contributed by atoms with van der Waals surface area (Å²) in [5, 5.41) is 52.8. The van der Waals surface area contributed by atoms with Crippen molar-refractivity contribution in [2.45, 2.75) is 44.6 Å². The van der Waals surface area contributed by atoms with Gasteiger partial charge in [0.25, 0.3) is 0 Å². The Morgan fingerprint density at radius 2 is 1.60 bits per heavy atom. The molecule has 1 saturated heterocycles. The molecule has 0 bridgehead atoms. The fraction of sp³-hybridized carbons (Fsp3) is 0.818. The number of carboxylic acid groups (broad SMARTS) is 1. The van der Waals surface area contributed by atoms with Crippen molar-refractivity contribution < 1.29 is 45.0 Å². The Morgan fingerprint density at radius 1 is 1.10 bits per heavy atom. The molecule has 9 heteroatoms. The molecule has 1 heterocycles. The van der Waals surface area contributed by atoms with Crippen molar-refractivity contribution in [3.05, 3.63) is 0 Å². The number of aliphatic hydroxyl groups is 5. The van der Waals surface area contributed by atoms with Gasteiger partial charge in [-0.3, -0.25) is 9.59 Å². The van der Waals surface area contributed by atoms with Crippen LogP contribution in [-0.2, 0) is 14.3 Å². The minimum absolute atomic E-state index is 0.308. The van der Waals surface area contributed by atoms with Crippen molar-refractivity contribution in [1.82, 2.24) is 0 Å². The lowest BCUT2D eigenvalue weighted by Gasteiger charge is -2.37. The van der Waals surface area contributed by atoms with Gasteiger partial charge in [0.05, 0.1) is 6.61 Å². The number of hydrogen-bond donors (Lipinski definition) is 6. The molecule has 0 amide bonds. The van der Waals surface area contributed by atoms with Crippen molar-refractivity contribution in [2.24, 2.45) is 5.92 Å². The Balaban J connectivity index is 0.000000396. The van der Waals surface area contributed by atoms with Crippen LogP contribution in [0.5, 0.6) is 0 Å². The number of Topliss-reactive ketones (excluding diaryl/α,β-unsaturated/α-hetero) is 1. The summed E-state index contributed by atoms with van der Waals surface area (Å²) in [4.78, 5) is 20.1. The number of ketones is 1. The highest BCUT2D eigenvalue weighted by atomic mass is 16.6. The molecule has 2 unspecified atom stereocenters. The van der Waals surface area contributed by atoms with Crippen molar-refractivity contribution >= 4 is 11.8 Å². The number of aliphatic hydroxyl groups excluding tert-OH is 5. The minimum atomic E-state index is -1.57. The normalized spacial score (nSPS) is 34.6. The average molecular weight is 296 g/mol. The molecule has 1 aliphatic rings. The van der Waals surface area contributed by atoms with Gasteiger partial charge in [-0.05, 0) is 13.8 Å². The largest absolute Gasteiger partial charge is 0.481 e. The maximum atomic E-state index is 10.2. The topological polar surface area (TPSA) is 165 Å². The molecule has 0 radical (unpaired) electrons. The van der Waals surface area contributed by atoms with Gasteiger partial charge in [0, 0.05) is 0 Å². The van der Waals surface area contributed by atoms with E-state index in [0.29, 0.717) is 0 Å². The highest BCUT2D eigenvalue weighted by Crippen LogP contribution is 2.18. The predicted molar refractivity (Wildman–Crippen MR) is 63.5 cm³/mol. The maximum Gasteiger partial charge on any atom is 0.313 e. The zero-order valence-corrected chi connectivity index (χ0v) is 11.1. The summed E-state index contributed by atoms with van der Waals surface area (Å²) in [6, 6.07) is 0. The highest BCUT2D eigenvalue weighted by Gasteiger charge is 2.42. The molecule has 0 aliphatic carbocycles.